The molecule has 8 saturated carbocycles. The Morgan fingerprint density at radius 1 is 0.569 bits per heavy atom. The van der Waals surface area contributed by atoms with Gasteiger partial charge < -0.3 is 69.9 Å². The van der Waals surface area contributed by atoms with Crippen LogP contribution in [-0.4, -0.2) is 279 Å². The molecule has 0 aromatic carbocycles. The number of anilines is 1. The van der Waals surface area contributed by atoms with Crippen molar-refractivity contribution in [1.82, 2.24) is 53.3 Å². The van der Waals surface area contributed by atoms with Gasteiger partial charge in [0.25, 0.3) is 10.2 Å². The van der Waals surface area contributed by atoms with E-state index in [4.69, 9.17) is 67.7 Å². The van der Waals surface area contributed by atoms with E-state index in [2.05, 4.69) is 25.1 Å². The predicted molar refractivity (Wildman–Crippen MR) is 514 cm³/mol. The van der Waals surface area contributed by atoms with Crippen molar-refractivity contribution in [3.63, 3.8) is 0 Å². The third kappa shape index (κ3) is 37.6. The van der Waals surface area contributed by atoms with Gasteiger partial charge in [0.1, 0.15) is 45.2 Å². The molecule has 12 aliphatic rings. The number of hydrogen-bond acceptors (Lipinski definition) is 24. The van der Waals surface area contributed by atoms with Crippen molar-refractivity contribution in [1.29, 1.82) is 0 Å². The monoisotopic (exact) mass is 2170 g/mol. The summed E-state index contributed by atoms with van der Waals surface area (Å²) in [4.78, 5) is 78.5. The molecule has 0 bridgehead atoms. The summed E-state index contributed by atoms with van der Waals surface area (Å²) in [6.45, 7) is 35.8. The lowest BCUT2D eigenvalue weighted by molar-refractivity contribution is -0.511. The maximum absolute atomic E-state index is 13.6. The van der Waals surface area contributed by atoms with Gasteiger partial charge in [-0.2, -0.15) is 43.7 Å². The van der Waals surface area contributed by atoms with Gasteiger partial charge in [-0.05, 0) is 234 Å². The Labute approximate surface area is 847 Å². The summed E-state index contributed by atoms with van der Waals surface area (Å²) in [7, 11) is -8.48. The summed E-state index contributed by atoms with van der Waals surface area (Å²) in [5.74, 6) is -12.1. The second-order valence-electron chi connectivity index (χ2n) is 46.0. The Bertz CT molecular complexity index is 5200. The highest BCUT2D eigenvalue weighted by molar-refractivity contribution is 7.87. The fraction of sp³-hybridized carbons (Fsp3) is 0.806. The molecule has 4 amide bonds. The molecule has 7 heterocycles. The van der Waals surface area contributed by atoms with Crippen LogP contribution in [0.5, 0.6) is 0 Å². The fourth-order valence-corrected chi connectivity index (χ4v) is 22.8. The molecule has 3 aromatic heterocycles. The number of fused-ring (bicyclic) bond motifs is 1. The number of nitrogens with two attached hydrogens (primary N) is 2. The van der Waals surface area contributed by atoms with E-state index in [9.17, 15) is 103 Å². The lowest BCUT2D eigenvalue weighted by Gasteiger charge is -2.60. The number of nitrogens with zero attached hydrogens (tertiary/aromatic N) is 11. The van der Waals surface area contributed by atoms with Crippen molar-refractivity contribution in [3.8, 4) is 0 Å². The van der Waals surface area contributed by atoms with Gasteiger partial charge in [-0.25, -0.2) is 78.5 Å². The first-order valence-corrected chi connectivity index (χ1v) is 53.5. The minimum atomic E-state index is -5.08. The summed E-state index contributed by atoms with van der Waals surface area (Å²) in [5, 5.41) is 35.6. The minimum absolute atomic E-state index is 0.000912. The zero-order valence-electron chi connectivity index (χ0n) is 85.5. The van der Waals surface area contributed by atoms with Crippen LogP contribution in [0.3, 0.4) is 0 Å². The molecule has 8 N–H and O–H groups in total. The van der Waals surface area contributed by atoms with E-state index in [-0.39, 0.29) is 122 Å². The Morgan fingerprint density at radius 2 is 0.931 bits per heavy atom. The number of carboxylic acid groups (broad SMARTS) is 1. The largest absolute Gasteiger partial charge is 0.594 e. The lowest BCUT2D eigenvalue weighted by Crippen LogP contribution is -2.69. The van der Waals surface area contributed by atoms with E-state index in [0.717, 1.165) is 79.1 Å². The van der Waals surface area contributed by atoms with Crippen LogP contribution >= 0.6 is 23.2 Å². The number of aromatic nitrogens is 4. The first kappa shape index (κ1) is 122. The van der Waals surface area contributed by atoms with E-state index in [1.807, 2.05) is 72.2 Å². The fourth-order valence-electron chi connectivity index (χ4n) is 19.2. The van der Waals surface area contributed by atoms with Crippen LogP contribution in [0.4, 0.5) is 73.2 Å². The van der Waals surface area contributed by atoms with Crippen LogP contribution in [0.2, 0.25) is 10.3 Å². The smallest absolute Gasteiger partial charge is 0.493 e. The number of rotatable bonds is 16. The summed E-state index contributed by atoms with van der Waals surface area (Å²) in [6.07, 6.45) is 4.96. The summed E-state index contributed by atoms with van der Waals surface area (Å²) >= 11 is 11.7. The molecule has 0 atom stereocenters. The van der Waals surface area contributed by atoms with Gasteiger partial charge in [-0.15, -0.1) is 8.42 Å². The van der Waals surface area contributed by atoms with Crippen molar-refractivity contribution in [2.24, 2.45) is 60.6 Å². The van der Waals surface area contributed by atoms with Gasteiger partial charge >= 0.3 is 56.9 Å². The van der Waals surface area contributed by atoms with Crippen LogP contribution in [0.1, 0.15) is 264 Å². The Morgan fingerprint density at radius 3 is 1.28 bits per heavy atom. The summed E-state index contributed by atoms with van der Waals surface area (Å²) < 4.78 is 246. The minimum Gasteiger partial charge on any atom is -0.594 e. The molecule has 822 valence electrons. The number of hydrogen-bond donors (Lipinski definition) is 6. The molecule has 144 heavy (non-hydrogen) atoms. The number of ketones is 1. The van der Waals surface area contributed by atoms with Crippen molar-refractivity contribution in [2.45, 2.75) is 341 Å². The van der Waals surface area contributed by atoms with Gasteiger partial charge in [0.05, 0.1) is 0 Å². The average molecular weight is 2170 g/mol. The number of carboxylic acids is 1. The number of carbonyl (C=O) groups is 6. The number of ether oxygens (including phenoxy) is 5. The number of aryl methyl sites for hydroxylation is 1. The average Bonchev–Trinajstić information content (AvgIpc) is 0.779. The third-order valence-electron chi connectivity index (χ3n) is 26.7. The molecule has 3 aromatic rings. The number of Topliss-reactive ketones (excluding diaryl/α,β-unsaturated/α-hetero) is 1. The molecule has 0 unspecified atom stereocenters. The van der Waals surface area contributed by atoms with Gasteiger partial charge in [-0.1, -0.05) is 52.3 Å². The molecule has 4 saturated heterocycles. The highest BCUT2D eigenvalue weighted by Crippen LogP contribution is 2.54. The summed E-state index contributed by atoms with van der Waals surface area (Å²) in [5.41, 5.74) is 5.22. The highest BCUT2D eigenvalue weighted by Gasteiger charge is 2.60. The molecular formula is C93H147Cl2F11N16O19S3. The lowest BCUT2D eigenvalue weighted by atomic mass is 9.60. The molecule has 4 spiro atoms. The Kier molecular flexibility index (Phi) is 39.7. The topological polar surface area (TPSA) is 448 Å². The number of alkyl halides is 11. The van der Waals surface area contributed by atoms with Gasteiger partial charge in [-0.3, -0.25) is 4.79 Å². The Hall–Kier alpha value is -7.52. The number of aliphatic carboxylic acids is 1. The number of nitrogens with one attached hydrogen (secondary N) is 3. The van der Waals surface area contributed by atoms with Crippen molar-refractivity contribution < 1.29 is 140 Å². The van der Waals surface area contributed by atoms with Crippen molar-refractivity contribution in [2.75, 3.05) is 97.5 Å². The molecule has 12 fully saturated rings. The molecule has 4 aliphatic heterocycles. The van der Waals surface area contributed by atoms with Crippen LogP contribution in [0, 0.1) is 52.3 Å². The first-order valence-electron chi connectivity index (χ1n) is 48.4. The number of halogens is 13. The van der Waals surface area contributed by atoms with Gasteiger partial charge in [0, 0.05) is 202 Å². The molecular weight excluding hydrogens is 2020 g/mol. The second-order valence-corrected chi connectivity index (χ2v) is 51.3. The van der Waals surface area contributed by atoms with Crippen LogP contribution < -0.4 is 40.2 Å². The zero-order valence-corrected chi connectivity index (χ0v) is 89.4. The second kappa shape index (κ2) is 46.9. The van der Waals surface area contributed by atoms with Crippen molar-refractivity contribution in [3.05, 3.63) is 52.8 Å². The number of carbonyl (C=O) groups excluding carboxylic acids is 5. The van der Waals surface area contributed by atoms with Crippen molar-refractivity contribution >= 4 is 107 Å². The standard InChI is InChI=1S/C23H39F2N3O6S.C18H30F2N2O2.C13H23F2N3O2S.C12H19N3O4S.C11H17NO3.C7H5Cl2N3.C7H13F2N.C2HF3O2/c1-20(2,3)33-18(29)26-35(31,32)28(13-16-7-9-23(24,25)10-8-16)17-11-22(12-17)14-27(15-22)19(30)34-21(4,5)6;1-16(2,3)24-15(23)22-11-17(12-22)8-14(9-17)21-10-13-4-6-18(19,20)7-5-13;14-13(15)3-1-10(2-4-13)7-18(21(16,19)20)11-5-12(6-11)8-17-9-12;1-12(2,3)19-11(16)13-20(17,18)15-8-6-10(7-9-15)14(4)5;1-10(2,3)15-9(14)12-6-11(7-12)4-8(13)5-11;1-4-2-5(8)12-6(4)7(9)10-3-11-12;8-7(9)3-1-6(5-10)2-4-7;3-2(4,5)1(6)7/h16-17H,7-15H2,1-6H3,(H,26,29);13-14,21H,4-12H2,1-3H3;10-11,17H,1-9H2,(H2,16,19,20);6-9H,1-5H3;4-7H2,1-3H3;2-3H,1H3;6H,1-5,10H2;(H,6,7). The van der Waals surface area contributed by atoms with E-state index in [1.165, 1.54) is 27.3 Å². The van der Waals surface area contributed by atoms with E-state index < -0.39 is 119 Å². The summed E-state index contributed by atoms with van der Waals surface area (Å²) in [6, 6.07) is 5.04. The van der Waals surface area contributed by atoms with E-state index in [0.29, 0.717) is 137 Å². The predicted octanol–water partition coefficient (Wildman–Crippen LogP) is 15.2. The molecule has 15 rings (SSSR count). The van der Waals surface area contributed by atoms with E-state index in [1.54, 1.807) is 99.7 Å². The first-order chi connectivity index (χ1) is 65.6. The van der Waals surface area contributed by atoms with Crippen LogP contribution in [0.25, 0.3) is 5.52 Å². The van der Waals surface area contributed by atoms with Gasteiger partial charge in [0.15, 0.2) is 23.6 Å². The molecule has 0 radical (unpaired) electrons. The maximum Gasteiger partial charge on any atom is 0.493 e. The third-order valence-corrected chi connectivity index (χ3v) is 30.9. The number of amides is 4. The number of likely N-dealkylation sites (tertiary alicyclic amines) is 3. The molecule has 35 nitrogen and oxygen atoms in total. The van der Waals surface area contributed by atoms with Crippen LogP contribution in [0.15, 0.2) is 41.3 Å². The molecule has 8 aliphatic carbocycles. The van der Waals surface area contributed by atoms with Crippen LogP contribution in [-0.2, 0) is 63.9 Å². The maximum atomic E-state index is 13.6. The SMILES string of the molecule is CC(C)(C)OC(=O)N1CC2(CC(=O)C2)C1.CC(C)(C)OC(=O)N1CC2(CC(NCC3CCC(F)(F)CC3)C2)C1.CC(C)(C)OC(=O)NS(=O)(=O)N(CC1CCC(F)(F)CC1)C1CC2(C1)CN(C(=O)OC(C)(C)C)C2.CN(C)c1cc[n+](S(=O)(=O)N=C([O-])OC(C)(C)C)cc1.Cc1cc(Cl)n2ncnc(Cl)c12.NCC1CCC(F)(F)CC1.NS(=O)(=O)N(CC1CCC(F)(F)CC1)C1CC2(CNC2)C1.O=C(O)C(F)(F)F. The Balaban J connectivity index is 0.000000209. The zero-order chi connectivity index (χ0) is 109. The normalized spacial score (nSPS) is 21.9. The molecule has 51 heteroatoms. The quantitative estimate of drug-likeness (QED) is 0.0255. The van der Waals surface area contributed by atoms with E-state index >= 15 is 0 Å². The highest BCUT2D eigenvalue weighted by atomic mass is 35.5. The number of pyridine rings is 1. The van der Waals surface area contributed by atoms with Gasteiger partial charge in [0.2, 0.25) is 23.7 Å².